The van der Waals surface area contributed by atoms with Crippen molar-refractivity contribution in [2.24, 2.45) is 0 Å². The normalized spacial score (nSPS) is 11.0. The van der Waals surface area contributed by atoms with E-state index < -0.39 is 0 Å². The molecule has 0 aliphatic heterocycles. The molecule has 0 heterocycles. The number of carbonyl (C=O) groups excluding carboxylic acids is 1. The van der Waals surface area contributed by atoms with Gasteiger partial charge >= 0.3 is 0 Å². The molecule has 0 aliphatic carbocycles. The highest BCUT2D eigenvalue weighted by atomic mass is 35.5. The largest absolute Gasteiger partial charge is 0.294 e. The Labute approximate surface area is 132 Å². The summed E-state index contributed by atoms with van der Waals surface area (Å²) in [5.41, 5.74) is 0.809. The molecule has 0 atom stereocenters. The summed E-state index contributed by atoms with van der Waals surface area (Å²) in [6.45, 7) is 2.22. The zero-order chi connectivity index (χ0) is 15.1. The fourth-order valence-corrected chi connectivity index (χ4v) is 2.93. The van der Waals surface area contributed by atoms with Gasteiger partial charge in [0.2, 0.25) is 0 Å². The summed E-state index contributed by atoms with van der Waals surface area (Å²) in [6, 6.07) is 11.6. The first-order valence-corrected chi connectivity index (χ1v) is 8.32. The molecule has 0 aliphatic rings. The summed E-state index contributed by atoms with van der Waals surface area (Å²) < 4.78 is 0. The van der Waals surface area contributed by atoms with Gasteiger partial charge in [0.25, 0.3) is 0 Å². The number of rotatable bonds is 8. The van der Waals surface area contributed by atoms with Crippen LogP contribution in [-0.4, -0.2) is 5.78 Å². The Morgan fingerprint density at radius 1 is 0.905 bits per heavy atom. The molecule has 0 N–H and O–H groups in total. The number of unbranched alkanes of at least 4 members (excludes halogenated alkanes) is 5. The monoisotopic (exact) mass is 302 g/mol. The maximum Gasteiger partial charge on any atom is 0.163 e. The minimum Gasteiger partial charge on any atom is -0.294 e. The molecule has 21 heavy (non-hydrogen) atoms. The fraction of sp³-hybridized carbons (Fsp3) is 0.421. The van der Waals surface area contributed by atoms with E-state index in [1.165, 1.54) is 25.7 Å². The molecule has 0 saturated heterocycles. The number of halogens is 1. The number of fused-ring (bicyclic) bond motifs is 1. The van der Waals surface area contributed by atoms with Crippen LogP contribution in [0.5, 0.6) is 0 Å². The zero-order valence-corrected chi connectivity index (χ0v) is 13.5. The lowest BCUT2D eigenvalue weighted by Crippen LogP contribution is -2.00. The molecular weight excluding hydrogens is 280 g/mol. The van der Waals surface area contributed by atoms with Crippen molar-refractivity contribution >= 4 is 28.2 Å². The molecule has 2 rings (SSSR count). The van der Waals surface area contributed by atoms with Crippen LogP contribution in [0.1, 0.15) is 62.2 Å². The van der Waals surface area contributed by atoms with Crippen LogP contribution in [0.15, 0.2) is 36.4 Å². The number of hydrogen-bond donors (Lipinski definition) is 0. The van der Waals surface area contributed by atoms with Gasteiger partial charge in [-0.25, -0.2) is 0 Å². The average Bonchev–Trinajstić information content (AvgIpc) is 2.51. The van der Waals surface area contributed by atoms with Crippen molar-refractivity contribution in [3.63, 3.8) is 0 Å². The predicted molar refractivity (Wildman–Crippen MR) is 91.3 cm³/mol. The second kappa shape index (κ2) is 8.19. The van der Waals surface area contributed by atoms with E-state index in [9.17, 15) is 4.79 Å². The van der Waals surface area contributed by atoms with Gasteiger partial charge < -0.3 is 0 Å². The SMILES string of the molecule is CCCCCCCCC(=O)c1ccc(Cl)c2ccccc12. The van der Waals surface area contributed by atoms with Gasteiger partial charge in [0, 0.05) is 22.4 Å². The van der Waals surface area contributed by atoms with E-state index in [-0.39, 0.29) is 5.78 Å². The lowest BCUT2D eigenvalue weighted by atomic mass is 9.98. The third-order valence-corrected chi connectivity index (χ3v) is 4.26. The van der Waals surface area contributed by atoms with Gasteiger partial charge in [0.05, 0.1) is 0 Å². The minimum atomic E-state index is 0.235. The van der Waals surface area contributed by atoms with Crippen LogP contribution in [-0.2, 0) is 0 Å². The number of benzene rings is 2. The Hall–Kier alpha value is -1.34. The zero-order valence-electron chi connectivity index (χ0n) is 12.7. The lowest BCUT2D eigenvalue weighted by Gasteiger charge is -2.07. The summed E-state index contributed by atoms with van der Waals surface area (Å²) in [7, 11) is 0. The molecule has 112 valence electrons. The topological polar surface area (TPSA) is 17.1 Å². The molecule has 0 saturated carbocycles. The van der Waals surface area contributed by atoms with Crippen LogP contribution in [0, 0.1) is 0 Å². The lowest BCUT2D eigenvalue weighted by molar-refractivity contribution is 0.0980. The van der Waals surface area contributed by atoms with Gasteiger partial charge in [0.15, 0.2) is 5.78 Å². The van der Waals surface area contributed by atoms with Crippen molar-refractivity contribution < 1.29 is 4.79 Å². The van der Waals surface area contributed by atoms with E-state index in [0.29, 0.717) is 11.4 Å². The van der Waals surface area contributed by atoms with E-state index in [0.717, 1.165) is 29.2 Å². The second-order valence-electron chi connectivity index (χ2n) is 5.58. The Bertz CT molecular complexity index is 604. The average molecular weight is 303 g/mol. The molecule has 0 fully saturated rings. The summed E-state index contributed by atoms with van der Waals surface area (Å²) in [6.07, 6.45) is 7.86. The van der Waals surface area contributed by atoms with Crippen LogP contribution in [0.4, 0.5) is 0 Å². The molecule has 0 spiro atoms. The summed E-state index contributed by atoms with van der Waals surface area (Å²) in [5, 5.41) is 2.65. The van der Waals surface area contributed by atoms with Crippen molar-refractivity contribution in [1.29, 1.82) is 0 Å². The highest BCUT2D eigenvalue weighted by Crippen LogP contribution is 2.27. The molecule has 0 radical (unpaired) electrons. The number of carbonyl (C=O) groups is 1. The van der Waals surface area contributed by atoms with Crippen LogP contribution in [0.25, 0.3) is 10.8 Å². The first kappa shape index (κ1) is 16.0. The maximum absolute atomic E-state index is 12.4. The quantitative estimate of drug-likeness (QED) is 0.406. The van der Waals surface area contributed by atoms with Gasteiger partial charge in [-0.15, -0.1) is 0 Å². The molecule has 0 bridgehead atoms. The molecule has 2 heteroatoms. The van der Waals surface area contributed by atoms with E-state index in [4.69, 9.17) is 11.6 Å². The highest BCUT2D eigenvalue weighted by Gasteiger charge is 2.11. The Morgan fingerprint density at radius 3 is 2.33 bits per heavy atom. The van der Waals surface area contributed by atoms with Gasteiger partial charge in [-0.3, -0.25) is 4.79 Å². The Balaban J connectivity index is 1.98. The number of ketones is 1. The Morgan fingerprint density at radius 2 is 1.57 bits per heavy atom. The van der Waals surface area contributed by atoms with Crippen LogP contribution >= 0.6 is 11.6 Å². The molecule has 2 aromatic rings. The van der Waals surface area contributed by atoms with Crippen molar-refractivity contribution in [1.82, 2.24) is 0 Å². The van der Waals surface area contributed by atoms with E-state index in [1.807, 2.05) is 36.4 Å². The van der Waals surface area contributed by atoms with Gasteiger partial charge in [0.1, 0.15) is 0 Å². The van der Waals surface area contributed by atoms with E-state index in [1.54, 1.807) is 0 Å². The van der Waals surface area contributed by atoms with Gasteiger partial charge in [-0.05, 0) is 23.9 Å². The van der Waals surface area contributed by atoms with Crippen LogP contribution in [0.3, 0.4) is 0 Å². The molecule has 0 unspecified atom stereocenters. The van der Waals surface area contributed by atoms with Crippen molar-refractivity contribution in [2.75, 3.05) is 0 Å². The van der Waals surface area contributed by atoms with Crippen LogP contribution in [0.2, 0.25) is 5.02 Å². The van der Waals surface area contributed by atoms with E-state index >= 15 is 0 Å². The first-order chi connectivity index (χ1) is 10.2. The third-order valence-electron chi connectivity index (χ3n) is 3.93. The minimum absolute atomic E-state index is 0.235. The van der Waals surface area contributed by atoms with Crippen molar-refractivity contribution in [3.8, 4) is 0 Å². The van der Waals surface area contributed by atoms with Crippen molar-refractivity contribution in [2.45, 2.75) is 51.9 Å². The maximum atomic E-state index is 12.4. The smallest absolute Gasteiger partial charge is 0.163 e. The predicted octanol–water partition coefficient (Wildman–Crippen LogP) is 6.43. The van der Waals surface area contributed by atoms with Crippen LogP contribution < -0.4 is 0 Å². The van der Waals surface area contributed by atoms with E-state index in [2.05, 4.69) is 6.92 Å². The standard InChI is InChI=1S/C19H23ClO/c1-2-3-4-5-6-7-12-19(21)17-13-14-18(20)16-11-9-8-10-15(16)17/h8-11,13-14H,2-7,12H2,1H3. The summed E-state index contributed by atoms with van der Waals surface area (Å²) >= 11 is 6.20. The van der Waals surface area contributed by atoms with Crippen molar-refractivity contribution in [3.05, 3.63) is 47.0 Å². The molecule has 2 aromatic carbocycles. The fourth-order valence-electron chi connectivity index (χ4n) is 2.71. The molecule has 0 aromatic heterocycles. The third kappa shape index (κ3) is 4.31. The second-order valence-corrected chi connectivity index (χ2v) is 5.99. The first-order valence-electron chi connectivity index (χ1n) is 7.94. The molecule has 0 amide bonds. The molecule has 1 nitrogen and oxygen atoms in total. The Kier molecular flexibility index (Phi) is 6.25. The summed E-state index contributed by atoms with van der Waals surface area (Å²) in [4.78, 5) is 12.4. The number of hydrogen-bond acceptors (Lipinski definition) is 1. The highest BCUT2D eigenvalue weighted by molar-refractivity contribution is 6.36. The summed E-state index contributed by atoms with van der Waals surface area (Å²) in [5.74, 6) is 0.235. The van der Waals surface area contributed by atoms with Gasteiger partial charge in [-0.1, -0.05) is 74.9 Å². The number of Topliss-reactive ketones (excluding diaryl/α,β-unsaturated/α-hetero) is 1. The van der Waals surface area contributed by atoms with Gasteiger partial charge in [-0.2, -0.15) is 0 Å². The molecular formula is C19H23ClO.